The Hall–Kier alpha value is -1.91. The third kappa shape index (κ3) is 4.28. The third-order valence-electron chi connectivity index (χ3n) is 3.15. The number of benzene rings is 2. The van der Waals surface area contributed by atoms with Gasteiger partial charge in [-0.3, -0.25) is 0 Å². The average molecular weight is 308 g/mol. The number of carbonyl (C=O) groups is 1. The lowest BCUT2D eigenvalue weighted by Crippen LogP contribution is -2.18. The summed E-state index contributed by atoms with van der Waals surface area (Å²) in [6, 6.07) is 11.2. The quantitative estimate of drug-likeness (QED) is 0.803. The number of nitrogens with one attached hydrogen (secondary N) is 1. The second-order valence-electron chi connectivity index (χ2n) is 4.62. The average Bonchev–Trinajstić information content (AvgIpc) is 2.45. The second kappa shape index (κ2) is 7.20. The number of carboxylic acids is 1. The number of hydrogen-bond acceptors (Lipinski definition) is 2. The fraction of sp³-hybridized carbons (Fsp3) is 0.188. The molecule has 0 radical (unpaired) electrons. The van der Waals surface area contributed by atoms with Crippen molar-refractivity contribution in [3.63, 3.8) is 0 Å². The lowest BCUT2D eigenvalue weighted by molar-refractivity contribution is 0.0695. The van der Waals surface area contributed by atoms with E-state index in [0.29, 0.717) is 30.1 Å². The van der Waals surface area contributed by atoms with Crippen molar-refractivity contribution in [2.75, 3.05) is 6.54 Å². The van der Waals surface area contributed by atoms with Crippen LogP contribution < -0.4 is 5.32 Å². The normalized spacial score (nSPS) is 10.6. The van der Waals surface area contributed by atoms with Crippen molar-refractivity contribution >= 4 is 17.6 Å². The minimum Gasteiger partial charge on any atom is -0.478 e. The highest BCUT2D eigenvalue weighted by molar-refractivity contribution is 6.31. The molecule has 0 spiro atoms. The first-order valence-electron chi connectivity index (χ1n) is 6.54. The van der Waals surface area contributed by atoms with Crippen molar-refractivity contribution in [2.45, 2.75) is 13.0 Å². The molecule has 0 aliphatic carbocycles. The maximum atomic E-state index is 12.9. The van der Waals surface area contributed by atoms with Gasteiger partial charge in [0.2, 0.25) is 0 Å². The van der Waals surface area contributed by atoms with Crippen LogP contribution in [0.15, 0.2) is 42.5 Å². The van der Waals surface area contributed by atoms with Crippen molar-refractivity contribution in [1.29, 1.82) is 0 Å². The molecule has 0 heterocycles. The minimum absolute atomic E-state index is 0.319. The van der Waals surface area contributed by atoms with Crippen LogP contribution in [0.5, 0.6) is 0 Å². The van der Waals surface area contributed by atoms with Crippen molar-refractivity contribution in [2.24, 2.45) is 0 Å². The van der Waals surface area contributed by atoms with Crippen LogP contribution in [0, 0.1) is 5.82 Å². The summed E-state index contributed by atoms with van der Waals surface area (Å²) in [7, 11) is 0. The van der Waals surface area contributed by atoms with Gasteiger partial charge in [0.15, 0.2) is 0 Å². The standard InChI is InChI=1S/C16H15ClFNO2/c17-15-9-13(18)6-5-12(15)10-19-8-7-11-3-1-2-4-14(11)16(20)21/h1-6,9,19H,7-8,10H2,(H,20,21). The first-order valence-corrected chi connectivity index (χ1v) is 6.91. The zero-order chi connectivity index (χ0) is 15.2. The molecular formula is C16H15ClFNO2. The number of hydrogen-bond donors (Lipinski definition) is 2. The molecule has 3 nitrogen and oxygen atoms in total. The Morgan fingerprint density at radius 2 is 1.95 bits per heavy atom. The lowest BCUT2D eigenvalue weighted by Gasteiger charge is -2.08. The maximum Gasteiger partial charge on any atom is 0.335 e. The van der Waals surface area contributed by atoms with Crippen LogP contribution in [0.3, 0.4) is 0 Å². The molecule has 0 atom stereocenters. The zero-order valence-corrected chi connectivity index (χ0v) is 12.0. The monoisotopic (exact) mass is 307 g/mol. The maximum absolute atomic E-state index is 12.9. The highest BCUT2D eigenvalue weighted by atomic mass is 35.5. The van der Waals surface area contributed by atoms with Gasteiger partial charge in [-0.1, -0.05) is 35.9 Å². The second-order valence-corrected chi connectivity index (χ2v) is 5.03. The van der Waals surface area contributed by atoms with Crippen LogP contribution >= 0.6 is 11.6 Å². The van der Waals surface area contributed by atoms with E-state index in [9.17, 15) is 9.18 Å². The minimum atomic E-state index is -0.924. The molecule has 0 aliphatic heterocycles. The molecular weight excluding hydrogens is 293 g/mol. The highest BCUT2D eigenvalue weighted by Gasteiger charge is 2.08. The van der Waals surface area contributed by atoms with E-state index in [1.54, 1.807) is 24.3 Å². The summed E-state index contributed by atoms with van der Waals surface area (Å²) < 4.78 is 12.9. The molecule has 2 rings (SSSR count). The third-order valence-corrected chi connectivity index (χ3v) is 3.50. The van der Waals surface area contributed by atoms with Crippen LogP contribution in [-0.2, 0) is 13.0 Å². The van der Waals surface area contributed by atoms with E-state index in [2.05, 4.69) is 5.32 Å². The molecule has 0 amide bonds. The topological polar surface area (TPSA) is 49.3 Å². The molecule has 0 unspecified atom stereocenters. The number of halogens is 2. The predicted octanol–water partition coefficient (Wildman–Crippen LogP) is 3.51. The van der Waals surface area contributed by atoms with Gasteiger partial charge in [-0.15, -0.1) is 0 Å². The van der Waals surface area contributed by atoms with E-state index >= 15 is 0 Å². The Morgan fingerprint density at radius 3 is 2.67 bits per heavy atom. The molecule has 0 aliphatic rings. The van der Waals surface area contributed by atoms with Gasteiger partial charge in [-0.05, 0) is 42.3 Å². The summed E-state index contributed by atoms with van der Waals surface area (Å²) in [5, 5.41) is 12.6. The Balaban J connectivity index is 1.89. The van der Waals surface area contributed by atoms with E-state index in [1.807, 2.05) is 6.07 Å². The molecule has 2 aromatic rings. The number of aromatic carboxylic acids is 1. The van der Waals surface area contributed by atoms with Crippen LogP contribution in [0.4, 0.5) is 4.39 Å². The van der Waals surface area contributed by atoms with Crippen molar-refractivity contribution < 1.29 is 14.3 Å². The molecule has 2 N–H and O–H groups in total. The largest absolute Gasteiger partial charge is 0.478 e. The van der Waals surface area contributed by atoms with Gasteiger partial charge in [0.25, 0.3) is 0 Å². The molecule has 0 aromatic heterocycles. The first kappa shape index (κ1) is 15.5. The van der Waals surface area contributed by atoms with Crippen molar-refractivity contribution in [1.82, 2.24) is 5.32 Å². The molecule has 110 valence electrons. The van der Waals surface area contributed by atoms with Gasteiger partial charge in [-0.25, -0.2) is 9.18 Å². The van der Waals surface area contributed by atoms with Gasteiger partial charge >= 0.3 is 5.97 Å². The van der Waals surface area contributed by atoms with Gasteiger partial charge in [0.1, 0.15) is 5.82 Å². The number of carboxylic acid groups (broad SMARTS) is 1. The Morgan fingerprint density at radius 1 is 1.19 bits per heavy atom. The van der Waals surface area contributed by atoms with Gasteiger partial charge in [0, 0.05) is 11.6 Å². The van der Waals surface area contributed by atoms with Crippen molar-refractivity contribution in [3.8, 4) is 0 Å². The molecule has 21 heavy (non-hydrogen) atoms. The summed E-state index contributed by atoms with van der Waals surface area (Å²) in [6.07, 6.45) is 0.598. The summed E-state index contributed by atoms with van der Waals surface area (Å²) in [4.78, 5) is 11.1. The Kier molecular flexibility index (Phi) is 5.31. The van der Waals surface area contributed by atoms with E-state index in [0.717, 1.165) is 11.1 Å². The highest BCUT2D eigenvalue weighted by Crippen LogP contribution is 2.17. The van der Waals surface area contributed by atoms with Crippen molar-refractivity contribution in [3.05, 3.63) is 70.0 Å². The smallest absolute Gasteiger partial charge is 0.335 e. The molecule has 2 aromatic carbocycles. The molecule has 0 saturated carbocycles. The van der Waals surface area contributed by atoms with Crippen LogP contribution in [0.1, 0.15) is 21.5 Å². The Bertz CT molecular complexity index is 646. The summed E-state index contributed by atoms with van der Waals surface area (Å²) in [5.41, 5.74) is 1.91. The first-order chi connectivity index (χ1) is 10.1. The van der Waals surface area contributed by atoms with Crippen LogP contribution in [0.2, 0.25) is 5.02 Å². The predicted molar refractivity (Wildman–Crippen MR) is 80.2 cm³/mol. The van der Waals surface area contributed by atoms with E-state index in [4.69, 9.17) is 16.7 Å². The molecule has 0 saturated heterocycles. The lowest BCUT2D eigenvalue weighted by atomic mass is 10.0. The van der Waals surface area contributed by atoms with E-state index in [-0.39, 0.29) is 5.82 Å². The zero-order valence-electron chi connectivity index (χ0n) is 11.3. The summed E-state index contributed by atoms with van der Waals surface area (Å²) in [5.74, 6) is -1.29. The van der Waals surface area contributed by atoms with Gasteiger partial charge in [-0.2, -0.15) is 0 Å². The van der Waals surface area contributed by atoms with E-state index in [1.165, 1.54) is 12.1 Å². The number of rotatable bonds is 6. The SMILES string of the molecule is O=C(O)c1ccccc1CCNCc1ccc(F)cc1Cl. The van der Waals surface area contributed by atoms with Gasteiger partial charge in [0.05, 0.1) is 5.56 Å². The molecule has 0 bridgehead atoms. The fourth-order valence-electron chi connectivity index (χ4n) is 2.06. The Labute approximate surface area is 127 Å². The van der Waals surface area contributed by atoms with E-state index < -0.39 is 5.97 Å². The van der Waals surface area contributed by atoms with Gasteiger partial charge < -0.3 is 10.4 Å². The summed E-state index contributed by atoms with van der Waals surface area (Å²) in [6.45, 7) is 1.12. The molecule has 0 fully saturated rings. The molecule has 5 heteroatoms. The summed E-state index contributed by atoms with van der Waals surface area (Å²) >= 11 is 5.93. The van der Waals surface area contributed by atoms with Crippen LogP contribution in [-0.4, -0.2) is 17.6 Å². The fourth-order valence-corrected chi connectivity index (χ4v) is 2.29. The van der Waals surface area contributed by atoms with Crippen LogP contribution in [0.25, 0.3) is 0 Å².